The zero-order chi connectivity index (χ0) is 14.2. The van der Waals surface area contributed by atoms with Crippen LogP contribution in [0.25, 0.3) is 0 Å². The van der Waals surface area contributed by atoms with Crippen molar-refractivity contribution in [1.29, 1.82) is 0 Å². The third kappa shape index (κ3) is 21.0. The summed E-state index contributed by atoms with van der Waals surface area (Å²) in [6, 6.07) is 0. The maximum absolute atomic E-state index is 3.64. The molecule has 0 amide bonds. The van der Waals surface area contributed by atoms with Crippen molar-refractivity contribution in [3.63, 3.8) is 0 Å². The van der Waals surface area contributed by atoms with Crippen LogP contribution >= 0.6 is 0 Å². The second-order valence-corrected chi connectivity index (χ2v) is 5.62. The fourth-order valence-corrected chi connectivity index (χ4v) is 1.80. The SMILES string of the molecule is C=CCCCN(C)C.CCCCC(C)CCCC. The molecule has 0 atom stereocenters. The molecule has 18 heavy (non-hydrogen) atoms. The molecule has 0 unspecified atom stereocenters. The first-order chi connectivity index (χ1) is 8.58. The lowest BCUT2D eigenvalue weighted by atomic mass is 9.98. The van der Waals surface area contributed by atoms with Gasteiger partial charge in [-0.25, -0.2) is 0 Å². The van der Waals surface area contributed by atoms with Crippen molar-refractivity contribution in [1.82, 2.24) is 4.90 Å². The number of allylic oxidation sites excluding steroid dienone is 1. The van der Waals surface area contributed by atoms with Gasteiger partial charge in [0.2, 0.25) is 0 Å². The number of hydrogen-bond donors (Lipinski definition) is 0. The predicted molar refractivity (Wildman–Crippen MR) is 86.2 cm³/mol. The van der Waals surface area contributed by atoms with Gasteiger partial charge in [-0.05, 0) is 39.4 Å². The smallest absolute Gasteiger partial charge is 0.00219 e. The molecule has 0 aromatic heterocycles. The standard InChI is InChI=1S/C10H22.C7H15N/c1-4-6-8-10(3)9-7-5-2;1-4-5-6-7-8(2)3/h10H,4-9H2,1-3H3;4H,1,5-7H2,2-3H3. The summed E-state index contributed by atoms with van der Waals surface area (Å²) < 4.78 is 0. The van der Waals surface area contributed by atoms with Gasteiger partial charge in [0.05, 0.1) is 0 Å². The Bertz CT molecular complexity index is 144. The van der Waals surface area contributed by atoms with Crippen molar-refractivity contribution < 1.29 is 0 Å². The van der Waals surface area contributed by atoms with Crippen LogP contribution in [0.3, 0.4) is 0 Å². The monoisotopic (exact) mass is 255 g/mol. The summed E-state index contributed by atoms with van der Waals surface area (Å²) in [6.07, 6.45) is 12.8. The first-order valence-corrected chi connectivity index (χ1v) is 7.84. The van der Waals surface area contributed by atoms with Crippen molar-refractivity contribution in [2.45, 2.75) is 72.1 Å². The van der Waals surface area contributed by atoms with E-state index in [2.05, 4.69) is 46.3 Å². The summed E-state index contributed by atoms with van der Waals surface area (Å²) in [5.74, 6) is 0.972. The molecule has 0 heterocycles. The Morgan fingerprint density at radius 1 is 1.00 bits per heavy atom. The zero-order valence-corrected chi connectivity index (χ0v) is 13.7. The van der Waals surface area contributed by atoms with Crippen LogP contribution in [0.4, 0.5) is 0 Å². The highest BCUT2D eigenvalue weighted by molar-refractivity contribution is 4.65. The first kappa shape index (κ1) is 20.0. The second kappa shape index (κ2) is 16.7. The molecule has 0 radical (unpaired) electrons. The second-order valence-electron chi connectivity index (χ2n) is 5.62. The van der Waals surface area contributed by atoms with Gasteiger partial charge < -0.3 is 4.90 Å². The summed E-state index contributed by atoms with van der Waals surface area (Å²) >= 11 is 0. The molecule has 110 valence electrons. The summed E-state index contributed by atoms with van der Waals surface area (Å²) in [4.78, 5) is 2.18. The summed E-state index contributed by atoms with van der Waals surface area (Å²) in [5.41, 5.74) is 0. The van der Waals surface area contributed by atoms with Gasteiger partial charge in [0.1, 0.15) is 0 Å². The molecule has 1 heteroatoms. The van der Waals surface area contributed by atoms with Crippen molar-refractivity contribution in [2.24, 2.45) is 5.92 Å². The van der Waals surface area contributed by atoms with Crippen LogP contribution in [0.2, 0.25) is 0 Å². The molecule has 0 aliphatic rings. The summed E-state index contributed by atoms with van der Waals surface area (Å²) in [6.45, 7) is 11.7. The number of hydrogen-bond acceptors (Lipinski definition) is 1. The average Bonchev–Trinajstić information content (AvgIpc) is 2.34. The Labute approximate surface area is 117 Å². The van der Waals surface area contributed by atoms with Crippen molar-refractivity contribution in [2.75, 3.05) is 20.6 Å². The normalized spacial score (nSPS) is 10.4. The van der Waals surface area contributed by atoms with Crippen LogP contribution in [0.15, 0.2) is 12.7 Å². The summed E-state index contributed by atoms with van der Waals surface area (Å²) in [5, 5.41) is 0. The lowest BCUT2D eigenvalue weighted by Gasteiger charge is -2.08. The molecule has 0 saturated heterocycles. The number of unbranched alkanes of at least 4 members (excludes halogenated alkanes) is 3. The van der Waals surface area contributed by atoms with Gasteiger partial charge in [-0.15, -0.1) is 6.58 Å². The van der Waals surface area contributed by atoms with E-state index in [4.69, 9.17) is 0 Å². The quantitative estimate of drug-likeness (QED) is 0.367. The largest absolute Gasteiger partial charge is 0.309 e. The third-order valence-electron chi connectivity index (χ3n) is 3.11. The van der Waals surface area contributed by atoms with E-state index in [0.29, 0.717) is 0 Å². The van der Waals surface area contributed by atoms with Crippen molar-refractivity contribution in [3.8, 4) is 0 Å². The molecule has 0 N–H and O–H groups in total. The van der Waals surface area contributed by atoms with Crippen molar-refractivity contribution >= 4 is 0 Å². The molecule has 0 aromatic carbocycles. The van der Waals surface area contributed by atoms with Gasteiger partial charge in [0.15, 0.2) is 0 Å². The van der Waals surface area contributed by atoms with Crippen LogP contribution in [0.1, 0.15) is 72.1 Å². The van der Waals surface area contributed by atoms with Crippen LogP contribution in [0, 0.1) is 5.92 Å². The highest BCUT2D eigenvalue weighted by atomic mass is 15.0. The first-order valence-electron chi connectivity index (χ1n) is 7.84. The van der Waals surface area contributed by atoms with E-state index < -0.39 is 0 Å². The van der Waals surface area contributed by atoms with Gasteiger partial charge in [0, 0.05) is 0 Å². The lowest BCUT2D eigenvalue weighted by Crippen LogP contribution is -2.12. The van der Waals surface area contributed by atoms with Gasteiger partial charge in [0.25, 0.3) is 0 Å². The van der Waals surface area contributed by atoms with Gasteiger partial charge in [-0.1, -0.05) is 65.4 Å². The molecule has 0 aromatic rings. The van der Waals surface area contributed by atoms with Crippen LogP contribution < -0.4 is 0 Å². The van der Waals surface area contributed by atoms with Gasteiger partial charge in [-0.3, -0.25) is 0 Å². The molecule has 0 aliphatic carbocycles. The maximum atomic E-state index is 3.64. The van der Waals surface area contributed by atoms with Gasteiger partial charge in [-0.2, -0.15) is 0 Å². The summed E-state index contributed by atoms with van der Waals surface area (Å²) in [7, 11) is 4.17. The predicted octanol–water partition coefficient (Wildman–Crippen LogP) is 5.52. The van der Waals surface area contributed by atoms with E-state index >= 15 is 0 Å². The zero-order valence-electron chi connectivity index (χ0n) is 13.7. The molecule has 0 saturated carbocycles. The van der Waals surface area contributed by atoms with E-state index in [-0.39, 0.29) is 0 Å². The third-order valence-corrected chi connectivity index (χ3v) is 3.11. The number of nitrogens with zero attached hydrogens (tertiary/aromatic N) is 1. The van der Waals surface area contributed by atoms with Crippen LogP contribution in [-0.2, 0) is 0 Å². The van der Waals surface area contributed by atoms with E-state index in [1.807, 2.05) is 6.08 Å². The Balaban J connectivity index is 0. The Hall–Kier alpha value is -0.300. The van der Waals surface area contributed by atoms with E-state index in [0.717, 1.165) is 12.3 Å². The topological polar surface area (TPSA) is 3.24 Å². The molecular weight excluding hydrogens is 218 g/mol. The Morgan fingerprint density at radius 3 is 1.83 bits per heavy atom. The van der Waals surface area contributed by atoms with Crippen LogP contribution in [-0.4, -0.2) is 25.5 Å². The fraction of sp³-hybridized carbons (Fsp3) is 0.882. The molecular formula is C17H37N. The van der Waals surface area contributed by atoms with Crippen LogP contribution in [0.5, 0.6) is 0 Å². The van der Waals surface area contributed by atoms with E-state index in [1.54, 1.807) is 0 Å². The number of rotatable bonds is 10. The van der Waals surface area contributed by atoms with E-state index in [9.17, 15) is 0 Å². The highest BCUT2D eigenvalue weighted by Crippen LogP contribution is 2.14. The lowest BCUT2D eigenvalue weighted by molar-refractivity contribution is 0.402. The minimum Gasteiger partial charge on any atom is -0.309 e. The molecule has 0 fully saturated rings. The average molecular weight is 255 g/mol. The molecule has 0 bridgehead atoms. The highest BCUT2D eigenvalue weighted by Gasteiger charge is 1.98. The maximum Gasteiger partial charge on any atom is -0.00219 e. The minimum absolute atomic E-state index is 0.972. The Kier molecular flexibility index (Phi) is 18.6. The molecule has 1 nitrogen and oxygen atoms in total. The Morgan fingerprint density at radius 2 is 1.50 bits per heavy atom. The van der Waals surface area contributed by atoms with E-state index in [1.165, 1.54) is 51.5 Å². The fourth-order valence-electron chi connectivity index (χ4n) is 1.80. The molecule has 0 rings (SSSR count). The minimum atomic E-state index is 0.972. The van der Waals surface area contributed by atoms with Gasteiger partial charge >= 0.3 is 0 Å². The van der Waals surface area contributed by atoms with Crippen molar-refractivity contribution in [3.05, 3.63) is 12.7 Å². The molecule has 0 spiro atoms. The molecule has 0 aliphatic heterocycles.